The molecule has 1 unspecified atom stereocenters. The Morgan fingerprint density at radius 1 is 1.23 bits per heavy atom. The van der Waals surface area contributed by atoms with Crippen molar-refractivity contribution in [3.63, 3.8) is 0 Å². The molecule has 1 fully saturated rings. The Bertz CT molecular complexity index is 1130. The number of fused-ring (bicyclic) bond motifs is 1. The van der Waals surface area contributed by atoms with Gasteiger partial charge in [-0.05, 0) is 56.8 Å². The number of hydrogen-bond acceptors (Lipinski definition) is 5. The molecule has 2 N–H and O–H groups in total. The summed E-state index contributed by atoms with van der Waals surface area (Å²) < 4.78 is 43.5. The first-order valence-electron chi connectivity index (χ1n) is 9.56. The number of alkyl halides is 3. The highest BCUT2D eigenvalue weighted by Gasteiger charge is 2.31. The lowest BCUT2D eigenvalue weighted by Crippen LogP contribution is -2.27. The van der Waals surface area contributed by atoms with Gasteiger partial charge in [-0.1, -0.05) is 17.7 Å². The molecule has 0 radical (unpaired) electrons. The number of benzene rings is 2. The Labute approximate surface area is 181 Å². The minimum Gasteiger partial charge on any atom is -0.507 e. The van der Waals surface area contributed by atoms with E-state index >= 15 is 0 Å². The van der Waals surface area contributed by atoms with Crippen molar-refractivity contribution in [3.8, 4) is 17.1 Å². The van der Waals surface area contributed by atoms with E-state index in [0.717, 1.165) is 30.8 Å². The number of nitrogens with zero attached hydrogens (tertiary/aromatic N) is 1. The first kappa shape index (κ1) is 23.1. The number of phenolic OH excluding ortho intramolecular Hbond substituents is 1. The van der Waals surface area contributed by atoms with Crippen molar-refractivity contribution < 1.29 is 27.8 Å². The molecule has 0 spiro atoms. The van der Waals surface area contributed by atoms with E-state index < -0.39 is 17.2 Å². The van der Waals surface area contributed by atoms with E-state index in [1.807, 2.05) is 0 Å². The topological polar surface area (TPSA) is 73.9 Å². The van der Waals surface area contributed by atoms with Crippen molar-refractivity contribution in [2.45, 2.75) is 25.1 Å². The van der Waals surface area contributed by atoms with Gasteiger partial charge in [-0.3, -0.25) is 4.79 Å². The van der Waals surface area contributed by atoms with E-state index in [9.17, 15) is 23.1 Å². The molecule has 1 saturated heterocycles. The van der Waals surface area contributed by atoms with Crippen LogP contribution in [0.2, 0.25) is 5.02 Å². The Kier molecular flexibility index (Phi) is 6.93. The van der Waals surface area contributed by atoms with Gasteiger partial charge in [0.25, 0.3) is 0 Å². The molecule has 5 nitrogen and oxygen atoms in total. The van der Waals surface area contributed by atoms with Crippen molar-refractivity contribution in [2.24, 2.45) is 0 Å². The number of halogens is 4. The number of rotatable bonds is 2. The molecule has 3 aromatic rings. The highest BCUT2D eigenvalue weighted by atomic mass is 35.5. The molecule has 1 aromatic heterocycles. The van der Waals surface area contributed by atoms with Gasteiger partial charge in [-0.15, -0.1) is 0 Å². The second-order valence-corrected chi connectivity index (χ2v) is 7.68. The van der Waals surface area contributed by atoms with Crippen molar-refractivity contribution in [1.82, 2.24) is 4.90 Å². The predicted molar refractivity (Wildman–Crippen MR) is 112 cm³/mol. The molecule has 1 aliphatic rings. The molecular weight excluding hydrogens is 435 g/mol. The Balaban J connectivity index is 0.000000287. The van der Waals surface area contributed by atoms with Gasteiger partial charge in [0.1, 0.15) is 22.5 Å². The normalized spacial score (nSPS) is 16.9. The highest BCUT2D eigenvalue weighted by molar-refractivity contribution is 6.33. The number of likely N-dealkylation sites (N-methyl/N-ethyl adjacent to an activating group) is 1. The monoisotopic (exact) mass is 455 g/mol. The van der Waals surface area contributed by atoms with Crippen molar-refractivity contribution in [3.05, 3.63) is 63.3 Å². The number of hydrogen-bond donors (Lipinski definition) is 2. The molecule has 4 rings (SSSR count). The van der Waals surface area contributed by atoms with Crippen LogP contribution < -0.4 is 5.43 Å². The SMILES string of the molecule is CN1CCCC1CO.O=c1cc(-c2ccc(C(F)(F)F)cc2Cl)oc2cccc(O)c12. The molecule has 2 heterocycles. The molecule has 31 heavy (non-hydrogen) atoms. The van der Waals surface area contributed by atoms with Crippen LogP contribution in [0.3, 0.4) is 0 Å². The molecule has 166 valence electrons. The third-order valence-electron chi connectivity index (χ3n) is 5.18. The summed E-state index contributed by atoms with van der Waals surface area (Å²) in [5.41, 5.74) is -1.15. The summed E-state index contributed by atoms with van der Waals surface area (Å²) >= 11 is 5.89. The number of aromatic hydroxyl groups is 1. The van der Waals surface area contributed by atoms with Crippen molar-refractivity contribution in [1.29, 1.82) is 0 Å². The Morgan fingerprint density at radius 2 is 1.97 bits per heavy atom. The van der Waals surface area contributed by atoms with Crippen LogP contribution >= 0.6 is 11.6 Å². The van der Waals surface area contributed by atoms with Crippen LogP contribution in [0.4, 0.5) is 13.2 Å². The number of aliphatic hydroxyl groups is 1. The minimum atomic E-state index is -4.52. The zero-order valence-corrected chi connectivity index (χ0v) is 17.4. The van der Waals surface area contributed by atoms with E-state index in [0.29, 0.717) is 12.6 Å². The Morgan fingerprint density at radius 3 is 2.52 bits per heavy atom. The van der Waals surface area contributed by atoms with Gasteiger partial charge in [-0.2, -0.15) is 13.2 Å². The molecule has 2 aromatic carbocycles. The first-order chi connectivity index (χ1) is 14.6. The zero-order valence-electron chi connectivity index (χ0n) is 16.6. The molecule has 0 aliphatic carbocycles. The lowest BCUT2D eigenvalue weighted by molar-refractivity contribution is -0.137. The molecule has 1 atom stereocenters. The van der Waals surface area contributed by atoms with E-state index in [1.165, 1.54) is 31.0 Å². The van der Waals surface area contributed by atoms with Crippen LogP contribution in [0.25, 0.3) is 22.3 Å². The van der Waals surface area contributed by atoms with E-state index in [4.69, 9.17) is 21.1 Å². The maximum Gasteiger partial charge on any atom is 0.416 e. The van der Waals surface area contributed by atoms with E-state index in [-0.39, 0.29) is 33.1 Å². The van der Waals surface area contributed by atoms with Gasteiger partial charge in [0.2, 0.25) is 0 Å². The van der Waals surface area contributed by atoms with Crippen LogP contribution in [0.15, 0.2) is 51.7 Å². The van der Waals surface area contributed by atoms with Gasteiger partial charge in [0.15, 0.2) is 5.43 Å². The van der Waals surface area contributed by atoms with Crippen LogP contribution in [-0.4, -0.2) is 41.4 Å². The van der Waals surface area contributed by atoms with E-state index in [2.05, 4.69) is 11.9 Å². The zero-order chi connectivity index (χ0) is 22.8. The average molecular weight is 456 g/mol. The van der Waals surface area contributed by atoms with Gasteiger partial charge in [0, 0.05) is 17.7 Å². The third-order valence-corrected chi connectivity index (χ3v) is 5.49. The standard InChI is InChI=1S/C16H8ClF3O3.C6H13NO/c17-10-6-8(16(18,19)20)4-5-9(10)14-7-12(22)15-11(21)2-1-3-13(15)23-14;1-7-4-2-3-6(7)5-8/h1-7,21H;6,8H,2-5H2,1H3. The van der Waals surface area contributed by atoms with Crippen LogP contribution in [-0.2, 0) is 6.18 Å². The number of aliphatic hydroxyl groups excluding tert-OH is 1. The molecule has 0 amide bonds. The summed E-state index contributed by atoms with van der Waals surface area (Å²) in [6, 6.07) is 8.59. The summed E-state index contributed by atoms with van der Waals surface area (Å²) in [5, 5.41) is 18.2. The van der Waals surface area contributed by atoms with Gasteiger partial charge < -0.3 is 19.5 Å². The maximum absolute atomic E-state index is 12.7. The summed E-state index contributed by atoms with van der Waals surface area (Å²) in [6.07, 6.45) is -2.09. The van der Waals surface area contributed by atoms with Crippen molar-refractivity contribution >= 4 is 22.6 Å². The van der Waals surface area contributed by atoms with E-state index in [1.54, 1.807) is 0 Å². The largest absolute Gasteiger partial charge is 0.507 e. The van der Waals surface area contributed by atoms with Gasteiger partial charge in [0.05, 0.1) is 17.2 Å². The van der Waals surface area contributed by atoms with Gasteiger partial charge in [-0.25, -0.2) is 0 Å². The fourth-order valence-corrected chi connectivity index (χ4v) is 3.70. The van der Waals surface area contributed by atoms with Crippen molar-refractivity contribution in [2.75, 3.05) is 20.2 Å². The smallest absolute Gasteiger partial charge is 0.416 e. The predicted octanol–water partition coefficient (Wildman–Crippen LogP) is 4.91. The van der Waals surface area contributed by atoms with Gasteiger partial charge >= 0.3 is 6.18 Å². The van der Waals surface area contributed by atoms with Crippen LogP contribution in [0.5, 0.6) is 5.75 Å². The summed E-state index contributed by atoms with van der Waals surface area (Å²) in [7, 11) is 2.06. The molecule has 0 bridgehead atoms. The van der Waals surface area contributed by atoms with Crippen LogP contribution in [0, 0.1) is 0 Å². The summed E-state index contributed by atoms with van der Waals surface area (Å²) in [5.74, 6) is -0.215. The summed E-state index contributed by atoms with van der Waals surface area (Å²) in [4.78, 5) is 14.3. The number of phenols is 1. The lowest BCUT2D eigenvalue weighted by Gasteiger charge is -2.15. The third kappa shape index (κ3) is 5.20. The quantitative estimate of drug-likeness (QED) is 0.574. The molecular formula is C22H21ClF3NO4. The fourth-order valence-electron chi connectivity index (χ4n) is 3.43. The minimum absolute atomic E-state index is 0.000663. The average Bonchev–Trinajstić information content (AvgIpc) is 3.12. The molecule has 0 saturated carbocycles. The second kappa shape index (κ2) is 9.30. The summed E-state index contributed by atoms with van der Waals surface area (Å²) in [6.45, 7) is 1.49. The second-order valence-electron chi connectivity index (χ2n) is 7.28. The highest BCUT2D eigenvalue weighted by Crippen LogP contribution is 2.36. The fraction of sp³-hybridized carbons (Fsp3) is 0.318. The molecule has 9 heteroatoms. The number of likely N-dealkylation sites (tertiary alicyclic amines) is 1. The first-order valence-corrected chi connectivity index (χ1v) is 9.93. The Hall–Kier alpha value is -2.55. The molecule has 1 aliphatic heterocycles. The van der Waals surface area contributed by atoms with Crippen LogP contribution in [0.1, 0.15) is 18.4 Å². The lowest BCUT2D eigenvalue weighted by atomic mass is 10.1. The maximum atomic E-state index is 12.7.